The topological polar surface area (TPSA) is 47.3 Å². The number of aliphatic hydroxyl groups is 1. The van der Waals surface area contributed by atoms with Gasteiger partial charge in [-0.05, 0) is 12.1 Å². The Hall–Kier alpha value is -1.04. The molecule has 0 aliphatic rings. The van der Waals surface area contributed by atoms with E-state index in [0.29, 0.717) is 15.8 Å². The van der Waals surface area contributed by atoms with E-state index in [1.165, 1.54) is 11.3 Å². The molecule has 4 nitrogen and oxygen atoms in total. The number of methoxy groups -OCH3 is 1. The first-order valence-electron chi connectivity index (χ1n) is 4.62. The van der Waals surface area contributed by atoms with Gasteiger partial charge in [-0.25, -0.2) is 0 Å². The first kappa shape index (κ1) is 11.4. The first-order chi connectivity index (χ1) is 7.63. The quantitative estimate of drug-likeness (QED) is 0.918. The van der Waals surface area contributed by atoms with E-state index >= 15 is 0 Å². The molecule has 0 bridgehead atoms. The summed E-state index contributed by atoms with van der Waals surface area (Å²) in [4.78, 5) is 0.770. The van der Waals surface area contributed by atoms with Crippen molar-refractivity contribution >= 4 is 22.9 Å². The SMILES string of the molecule is COc1cnn(C)c1C(O)c1ccc(Cl)s1. The van der Waals surface area contributed by atoms with Crippen molar-refractivity contribution in [3.63, 3.8) is 0 Å². The van der Waals surface area contributed by atoms with E-state index < -0.39 is 6.10 Å². The van der Waals surface area contributed by atoms with E-state index in [1.54, 1.807) is 37.2 Å². The van der Waals surface area contributed by atoms with Crippen molar-refractivity contribution in [3.8, 4) is 5.75 Å². The number of nitrogens with zero attached hydrogens (tertiary/aromatic N) is 2. The molecule has 2 aromatic heterocycles. The van der Waals surface area contributed by atoms with E-state index in [1.807, 2.05) is 0 Å². The minimum atomic E-state index is -0.764. The largest absolute Gasteiger partial charge is 0.493 e. The Morgan fingerprint density at radius 1 is 1.56 bits per heavy atom. The summed E-state index contributed by atoms with van der Waals surface area (Å²) in [7, 11) is 3.31. The third-order valence-corrected chi connectivity index (χ3v) is 3.58. The fraction of sp³-hybridized carbons (Fsp3) is 0.300. The number of thiophene rings is 1. The molecular weight excluding hydrogens is 248 g/mol. The van der Waals surface area contributed by atoms with Gasteiger partial charge in [-0.15, -0.1) is 11.3 Å². The van der Waals surface area contributed by atoms with Crippen LogP contribution in [0.2, 0.25) is 4.34 Å². The summed E-state index contributed by atoms with van der Waals surface area (Å²) < 4.78 is 7.39. The highest BCUT2D eigenvalue weighted by Gasteiger charge is 2.21. The van der Waals surface area contributed by atoms with Crippen LogP contribution in [0.1, 0.15) is 16.7 Å². The van der Waals surface area contributed by atoms with Crippen molar-refractivity contribution < 1.29 is 9.84 Å². The molecule has 0 aromatic carbocycles. The van der Waals surface area contributed by atoms with Crippen LogP contribution in [0.25, 0.3) is 0 Å². The van der Waals surface area contributed by atoms with Crippen molar-refractivity contribution in [3.05, 3.63) is 33.2 Å². The summed E-state index contributed by atoms with van der Waals surface area (Å²) in [6, 6.07) is 3.55. The first-order valence-corrected chi connectivity index (χ1v) is 5.82. The second-order valence-electron chi connectivity index (χ2n) is 3.27. The van der Waals surface area contributed by atoms with Crippen molar-refractivity contribution in [2.24, 2.45) is 7.05 Å². The Bertz CT molecular complexity index is 495. The standard InChI is InChI=1S/C10H11ClN2O2S/c1-13-9(6(15-2)5-12-13)10(14)7-3-4-8(11)16-7/h3-5,10,14H,1-2H3. The number of aromatic nitrogens is 2. The fourth-order valence-electron chi connectivity index (χ4n) is 1.51. The number of halogens is 1. The Balaban J connectivity index is 2.40. The molecule has 0 spiro atoms. The second kappa shape index (κ2) is 4.45. The summed E-state index contributed by atoms with van der Waals surface area (Å²) >= 11 is 7.17. The zero-order valence-electron chi connectivity index (χ0n) is 8.85. The van der Waals surface area contributed by atoms with E-state index in [9.17, 15) is 5.11 Å². The average Bonchev–Trinajstić information content (AvgIpc) is 2.83. The Kier molecular flexibility index (Phi) is 3.18. The molecular formula is C10H11ClN2O2S. The van der Waals surface area contributed by atoms with Crippen molar-refractivity contribution in [2.45, 2.75) is 6.10 Å². The molecule has 2 aromatic rings. The average molecular weight is 259 g/mol. The van der Waals surface area contributed by atoms with Gasteiger partial charge in [-0.2, -0.15) is 5.10 Å². The highest BCUT2D eigenvalue weighted by atomic mass is 35.5. The highest BCUT2D eigenvalue weighted by Crippen LogP contribution is 2.34. The Labute approximate surface area is 102 Å². The van der Waals surface area contributed by atoms with Gasteiger partial charge in [0.1, 0.15) is 11.8 Å². The molecule has 1 atom stereocenters. The van der Waals surface area contributed by atoms with Gasteiger partial charge < -0.3 is 9.84 Å². The predicted molar refractivity (Wildman–Crippen MR) is 63.2 cm³/mol. The molecule has 0 amide bonds. The lowest BCUT2D eigenvalue weighted by Crippen LogP contribution is -2.06. The van der Waals surface area contributed by atoms with Crippen LogP contribution in [-0.2, 0) is 7.05 Å². The van der Waals surface area contributed by atoms with Gasteiger partial charge in [0.2, 0.25) is 0 Å². The van der Waals surface area contributed by atoms with Gasteiger partial charge in [0.05, 0.1) is 17.6 Å². The van der Waals surface area contributed by atoms with Crippen molar-refractivity contribution in [1.82, 2.24) is 9.78 Å². The van der Waals surface area contributed by atoms with Crippen molar-refractivity contribution in [2.75, 3.05) is 7.11 Å². The number of hydrogen-bond acceptors (Lipinski definition) is 4. The molecule has 1 N–H and O–H groups in total. The third-order valence-electron chi connectivity index (χ3n) is 2.29. The lowest BCUT2D eigenvalue weighted by molar-refractivity contribution is 0.208. The number of aliphatic hydroxyl groups excluding tert-OH is 1. The summed E-state index contributed by atoms with van der Waals surface area (Å²) in [6.45, 7) is 0. The molecule has 2 heterocycles. The fourth-order valence-corrected chi connectivity index (χ4v) is 2.56. The molecule has 16 heavy (non-hydrogen) atoms. The summed E-state index contributed by atoms with van der Waals surface area (Å²) in [5, 5.41) is 14.2. The summed E-state index contributed by atoms with van der Waals surface area (Å²) in [5.74, 6) is 0.569. The minimum absolute atomic E-state index is 0.569. The maximum Gasteiger partial charge on any atom is 0.163 e. The number of ether oxygens (including phenoxy) is 1. The lowest BCUT2D eigenvalue weighted by atomic mass is 10.2. The molecule has 6 heteroatoms. The van der Waals surface area contributed by atoms with Crippen LogP contribution in [0.3, 0.4) is 0 Å². The smallest absolute Gasteiger partial charge is 0.163 e. The Morgan fingerprint density at radius 2 is 2.31 bits per heavy atom. The van der Waals surface area contributed by atoms with E-state index in [0.717, 1.165) is 4.88 Å². The van der Waals surface area contributed by atoms with Crippen LogP contribution < -0.4 is 4.74 Å². The molecule has 0 aliphatic carbocycles. The Morgan fingerprint density at radius 3 is 2.88 bits per heavy atom. The van der Waals surface area contributed by atoms with Gasteiger partial charge in [-0.1, -0.05) is 11.6 Å². The maximum atomic E-state index is 10.2. The third kappa shape index (κ3) is 1.93. The van der Waals surface area contributed by atoms with Crippen LogP contribution in [0.15, 0.2) is 18.3 Å². The molecule has 0 saturated carbocycles. The van der Waals surface area contributed by atoms with Gasteiger partial charge in [0.15, 0.2) is 5.75 Å². The van der Waals surface area contributed by atoms with Crippen molar-refractivity contribution in [1.29, 1.82) is 0 Å². The lowest BCUT2D eigenvalue weighted by Gasteiger charge is -2.10. The molecule has 0 fully saturated rings. The van der Waals surface area contributed by atoms with Crippen LogP contribution >= 0.6 is 22.9 Å². The predicted octanol–water partition coefficient (Wildman–Crippen LogP) is 2.23. The molecule has 0 saturated heterocycles. The summed E-state index contributed by atoms with van der Waals surface area (Å²) in [6.07, 6.45) is 0.813. The van der Waals surface area contributed by atoms with E-state index in [4.69, 9.17) is 16.3 Å². The van der Waals surface area contributed by atoms with Gasteiger partial charge in [0.25, 0.3) is 0 Å². The number of aryl methyl sites for hydroxylation is 1. The number of rotatable bonds is 3. The zero-order chi connectivity index (χ0) is 11.7. The van der Waals surface area contributed by atoms with Gasteiger partial charge in [-0.3, -0.25) is 4.68 Å². The normalized spacial score (nSPS) is 12.8. The van der Waals surface area contributed by atoms with Crippen LogP contribution in [-0.4, -0.2) is 22.0 Å². The molecule has 2 rings (SSSR count). The highest BCUT2D eigenvalue weighted by molar-refractivity contribution is 7.16. The van der Waals surface area contributed by atoms with E-state index in [2.05, 4.69) is 5.10 Å². The van der Waals surface area contributed by atoms with Crippen LogP contribution in [0, 0.1) is 0 Å². The molecule has 0 radical (unpaired) electrons. The summed E-state index contributed by atoms with van der Waals surface area (Å²) in [5.41, 5.74) is 0.626. The zero-order valence-corrected chi connectivity index (χ0v) is 10.4. The monoisotopic (exact) mass is 258 g/mol. The molecule has 0 aliphatic heterocycles. The minimum Gasteiger partial charge on any atom is -0.493 e. The van der Waals surface area contributed by atoms with E-state index in [-0.39, 0.29) is 0 Å². The van der Waals surface area contributed by atoms with Gasteiger partial charge in [0, 0.05) is 11.9 Å². The maximum absolute atomic E-state index is 10.2. The van der Waals surface area contributed by atoms with Gasteiger partial charge >= 0.3 is 0 Å². The second-order valence-corrected chi connectivity index (χ2v) is 5.01. The van der Waals surface area contributed by atoms with Crippen LogP contribution in [0.5, 0.6) is 5.75 Å². The van der Waals surface area contributed by atoms with Crippen LogP contribution in [0.4, 0.5) is 0 Å². The molecule has 1 unspecified atom stereocenters. The molecule has 86 valence electrons. The number of hydrogen-bond donors (Lipinski definition) is 1.